The van der Waals surface area contributed by atoms with Crippen molar-refractivity contribution in [3.63, 3.8) is 0 Å². The van der Waals surface area contributed by atoms with Crippen molar-refractivity contribution < 1.29 is 9.53 Å². The highest BCUT2D eigenvalue weighted by atomic mass is 32.2. The van der Waals surface area contributed by atoms with Crippen LogP contribution in [-0.4, -0.2) is 17.6 Å². The SMILES string of the molecule is COc1cn(CC(=O)NCc2ccccc2)c(CSc2ccc(C)cc2)cc1=O. The lowest BCUT2D eigenvalue weighted by Gasteiger charge is -2.15. The number of amides is 1. The summed E-state index contributed by atoms with van der Waals surface area (Å²) < 4.78 is 6.94. The van der Waals surface area contributed by atoms with E-state index in [2.05, 4.69) is 29.6 Å². The number of aromatic nitrogens is 1. The molecule has 29 heavy (non-hydrogen) atoms. The monoisotopic (exact) mass is 408 g/mol. The van der Waals surface area contributed by atoms with E-state index in [-0.39, 0.29) is 23.6 Å². The van der Waals surface area contributed by atoms with Crippen molar-refractivity contribution in [1.82, 2.24) is 9.88 Å². The molecule has 0 fully saturated rings. The van der Waals surface area contributed by atoms with Crippen molar-refractivity contribution in [2.24, 2.45) is 0 Å². The van der Waals surface area contributed by atoms with Crippen LogP contribution >= 0.6 is 11.8 Å². The Kier molecular flexibility index (Phi) is 7.14. The van der Waals surface area contributed by atoms with E-state index in [9.17, 15) is 9.59 Å². The molecule has 0 aliphatic heterocycles. The van der Waals surface area contributed by atoms with Crippen molar-refractivity contribution in [3.05, 3.63) is 93.9 Å². The predicted molar refractivity (Wildman–Crippen MR) is 116 cm³/mol. The third kappa shape index (κ3) is 5.99. The van der Waals surface area contributed by atoms with Gasteiger partial charge in [-0.05, 0) is 24.6 Å². The molecule has 150 valence electrons. The van der Waals surface area contributed by atoms with Gasteiger partial charge in [0.1, 0.15) is 6.54 Å². The second kappa shape index (κ2) is 9.98. The van der Waals surface area contributed by atoms with E-state index < -0.39 is 0 Å². The molecule has 2 aromatic carbocycles. The number of aryl methyl sites for hydroxylation is 1. The van der Waals surface area contributed by atoms with E-state index in [1.165, 1.54) is 12.7 Å². The number of methoxy groups -OCH3 is 1. The first-order valence-electron chi connectivity index (χ1n) is 9.32. The van der Waals surface area contributed by atoms with E-state index in [0.29, 0.717) is 12.3 Å². The van der Waals surface area contributed by atoms with Crippen molar-refractivity contribution in [2.75, 3.05) is 7.11 Å². The van der Waals surface area contributed by atoms with Gasteiger partial charge in [-0.3, -0.25) is 9.59 Å². The molecule has 0 saturated carbocycles. The van der Waals surface area contributed by atoms with Crippen LogP contribution in [0.25, 0.3) is 0 Å². The highest BCUT2D eigenvalue weighted by molar-refractivity contribution is 7.98. The summed E-state index contributed by atoms with van der Waals surface area (Å²) in [7, 11) is 1.46. The van der Waals surface area contributed by atoms with Crippen LogP contribution in [0.4, 0.5) is 0 Å². The average molecular weight is 409 g/mol. The van der Waals surface area contributed by atoms with Gasteiger partial charge in [-0.2, -0.15) is 0 Å². The van der Waals surface area contributed by atoms with Gasteiger partial charge in [-0.1, -0.05) is 48.0 Å². The van der Waals surface area contributed by atoms with Crippen molar-refractivity contribution >= 4 is 17.7 Å². The van der Waals surface area contributed by atoms with Gasteiger partial charge in [-0.25, -0.2) is 0 Å². The lowest BCUT2D eigenvalue weighted by Crippen LogP contribution is -2.28. The van der Waals surface area contributed by atoms with E-state index >= 15 is 0 Å². The van der Waals surface area contributed by atoms with Crippen LogP contribution in [0.1, 0.15) is 16.8 Å². The zero-order chi connectivity index (χ0) is 20.6. The van der Waals surface area contributed by atoms with Crippen LogP contribution in [-0.2, 0) is 23.6 Å². The lowest BCUT2D eigenvalue weighted by molar-refractivity contribution is -0.121. The summed E-state index contributed by atoms with van der Waals surface area (Å²) >= 11 is 1.62. The maximum atomic E-state index is 12.5. The Morgan fingerprint density at radius 1 is 1.10 bits per heavy atom. The predicted octanol–water partition coefficient (Wildman–Crippen LogP) is 3.77. The topological polar surface area (TPSA) is 60.3 Å². The molecule has 1 aromatic heterocycles. The number of hydrogen-bond acceptors (Lipinski definition) is 4. The summed E-state index contributed by atoms with van der Waals surface area (Å²) in [6, 6.07) is 19.5. The first-order chi connectivity index (χ1) is 14.0. The Bertz CT molecular complexity index is 1010. The van der Waals surface area contributed by atoms with E-state index in [1.807, 2.05) is 37.3 Å². The van der Waals surface area contributed by atoms with Gasteiger partial charge < -0.3 is 14.6 Å². The molecule has 1 amide bonds. The van der Waals surface area contributed by atoms with Crippen LogP contribution in [0.5, 0.6) is 5.75 Å². The first kappa shape index (κ1) is 20.7. The molecule has 1 heterocycles. The van der Waals surface area contributed by atoms with E-state index in [1.54, 1.807) is 28.6 Å². The number of thioether (sulfide) groups is 1. The number of rotatable bonds is 8. The van der Waals surface area contributed by atoms with Crippen molar-refractivity contribution in [3.8, 4) is 5.75 Å². The Labute approximate surface area is 174 Å². The summed E-state index contributed by atoms with van der Waals surface area (Å²) in [6.07, 6.45) is 1.61. The number of benzene rings is 2. The molecule has 0 radical (unpaired) electrons. The maximum Gasteiger partial charge on any atom is 0.240 e. The zero-order valence-corrected chi connectivity index (χ0v) is 17.4. The molecule has 0 unspecified atom stereocenters. The van der Waals surface area contributed by atoms with Gasteiger partial charge in [-0.15, -0.1) is 11.8 Å². The highest BCUT2D eigenvalue weighted by Crippen LogP contribution is 2.23. The Balaban J connectivity index is 1.72. The van der Waals surface area contributed by atoms with Gasteiger partial charge in [0.05, 0.1) is 13.3 Å². The minimum Gasteiger partial charge on any atom is -0.491 e. The van der Waals surface area contributed by atoms with E-state index in [0.717, 1.165) is 16.2 Å². The number of hydrogen-bond donors (Lipinski definition) is 1. The summed E-state index contributed by atoms with van der Waals surface area (Å²) in [5, 5.41) is 2.92. The largest absolute Gasteiger partial charge is 0.491 e. The molecular weight excluding hydrogens is 384 g/mol. The van der Waals surface area contributed by atoms with Crippen molar-refractivity contribution in [1.29, 1.82) is 0 Å². The van der Waals surface area contributed by atoms with Gasteiger partial charge in [0.15, 0.2) is 5.75 Å². The molecule has 0 atom stereocenters. The molecule has 6 heteroatoms. The molecule has 0 spiro atoms. The molecule has 3 rings (SSSR count). The van der Waals surface area contributed by atoms with Crippen LogP contribution in [0.15, 0.2) is 76.6 Å². The maximum absolute atomic E-state index is 12.5. The Hall–Kier alpha value is -2.99. The summed E-state index contributed by atoms with van der Waals surface area (Å²) in [5.41, 5.74) is 2.82. The smallest absolute Gasteiger partial charge is 0.240 e. The summed E-state index contributed by atoms with van der Waals surface area (Å²) in [5.74, 6) is 0.680. The fourth-order valence-corrected chi connectivity index (χ4v) is 3.71. The van der Waals surface area contributed by atoms with E-state index in [4.69, 9.17) is 4.74 Å². The third-order valence-electron chi connectivity index (χ3n) is 4.46. The van der Waals surface area contributed by atoms with Gasteiger partial charge >= 0.3 is 0 Å². The summed E-state index contributed by atoms with van der Waals surface area (Å²) in [4.78, 5) is 25.8. The molecule has 0 bridgehead atoms. The van der Waals surface area contributed by atoms with Crippen LogP contribution < -0.4 is 15.5 Å². The average Bonchev–Trinajstić information content (AvgIpc) is 2.74. The molecule has 0 aliphatic carbocycles. The normalized spacial score (nSPS) is 10.6. The van der Waals surface area contributed by atoms with Gasteiger partial charge in [0.25, 0.3) is 0 Å². The van der Waals surface area contributed by atoms with Gasteiger partial charge in [0, 0.05) is 29.0 Å². The first-order valence-corrected chi connectivity index (χ1v) is 10.3. The number of nitrogens with zero attached hydrogens (tertiary/aromatic N) is 1. The van der Waals surface area contributed by atoms with Crippen LogP contribution in [0.3, 0.4) is 0 Å². The Morgan fingerprint density at radius 2 is 1.83 bits per heavy atom. The van der Waals surface area contributed by atoms with Crippen LogP contribution in [0.2, 0.25) is 0 Å². The molecule has 3 aromatic rings. The summed E-state index contributed by atoms with van der Waals surface area (Å²) in [6.45, 7) is 2.63. The third-order valence-corrected chi connectivity index (χ3v) is 5.50. The molecule has 0 aliphatic rings. The second-order valence-electron chi connectivity index (χ2n) is 6.69. The zero-order valence-electron chi connectivity index (χ0n) is 16.6. The fourth-order valence-electron chi connectivity index (χ4n) is 2.82. The van der Waals surface area contributed by atoms with Gasteiger partial charge in [0.2, 0.25) is 11.3 Å². The minimum absolute atomic E-state index is 0.118. The Morgan fingerprint density at radius 3 is 2.52 bits per heavy atom. The molecule has 0 saturated heterocycles. The fraction of sp³-hybridized carbons (Fsp3) is 0.217. The quantitative estimate of drug-likeness (QED) is 0.577. The number of carbonyl (C=O) groups is 1. The lowest BCUT2D eigenvalue weighted by atomic mass is 10.2. The standard InChI is InChI=1S/C23H24N2O3S/c1-17-8-10-20(11-9-17)29-16-19-12-21(26)22(28-2)14-25(19)15-23(27)24-13-18-6-4-3-5-7-18/h3-12,14H,13,15-16H2,1-2H3,(H,24,27). The molecule has 1 N–H and O–H groups in total. The highest BCUT2D eigenvalue weighted by Gasteiger charge is 2.11. The molecule has 5 nitrogen and oxygen atoms in total. The molecular formula is C23H24N2O3S. The van der Waals surface area contributed by atoms with Crippen molar-refractivity contribution in [2.45, 2.75) is 30.7 Å². The number of pyridine rings is 1. The number of nitrogens with one attached hydrogen (secondary N) is 1. The second-order valence-corrected chi connectivity index (χ2v) is 7.74. The van der Waals surface area contributed by atoms with Crippen LogP contribution in [0, 0.1) is 6.92 Å². The number of carbonyl (C=O) groups excluding carboxylic acids is 1. The number of ether oxygens (including phenoxy) is 1. The minimum atomic E-state index is -0.187.